The fourth-order valence-corrected chi connectivity index (χ4v) is 4.41. The first-order chi connectivity index (χ1) is 9.88. The molecule has 0 aliphatic rings. The number of imidazole rings is 1. The van der Waals surface area contributed by atoms with Crippen molar-refractivity contribution in [2.75, 3.05) is 4.72 Å². The number of anilines is 1. The molecule has 3 aromatic rings. The molecule has 6 nitrogen and oxygen atoms in total. The molecule has 0 spiro atoms. The average molecular weight is 344 g/mol. The first-order valence-electron chi connectivity index (χ1n) is 5.82. The minimum absolute atomic E-state index is 0.0788. The molecule has 0 fully saturated rings. The van der Waals surface area contributed by atoms with Gasteiger partial charge in [-0.05, 0) is 30.7 Å². The van der Waals surface area contributed by atoms with Gasteiger partial charge in [-0.15, -0.1) is 11.3 Å². The van der Waals surface area contributed by atoms with E-state index in [1.807, 2.05) is 0 Å². The van der Waals surface area contributed by atoms with Gasteiger partial charge in [-0.1, -0.05) is 11.6 Å². The number of hydrogen-bond acceptors (Lipinski definition) is 5. The molecule has 2 aromatic heterocycles. The highest BCUT2D eigenvalue weighted by Gasteiger charge is 2.25. The van der Waals surface area contributed by atoms with Crippen LogP contribution in [-0.2, 0) is 10.0 Å². The normalized spacial score (nSPS) is 11.9. The minimum atomic E-state index is -3.88. The van der Waals surface area contributed by atoms with Crippen LogP contribution in [0.3, 0.4) is 0 Å². The van der Waals surface area contributed by atoms with E-state index in [9.17, 15) is 13.5 Å². The molecule has 0 amide bonds. The number of halogens is 1. The van der Waals surface area contributed by atoms with Gasteiger partial charge in [0.15, 0.2) is 15.1 Å². The summed E-state index contributed by atoms with van der Waals surface area (Å²) in [6, 6.07) is 4.43. The molecule has 2 heterocycles. The van der Waals surface area contributed by atoms with Crippen LogP contribution in [0.2, 0.25) is 5.15 Å². The number of hydrogen-bond donors (Lipinski definition) is 2. The summed E-state index contributed by atoms with van der Waals surface area (Å²) in [5.41, 5.74) is 0.904. The van der Waals surface area contributed by atoms with E-state index in [1.165, 1.54) is 33.9 Å². The third kappa shape index (κ3) is 2.45. The highest BCUT2D eigenvalue weighted by Crippen LogP contribution is 2.28. The number of aromatic nitrogens is 2. The van der Waals surface area contributed by atoms with Crippen molar-refractivity contribution in [3.05, 3.63) is 40.5 Å². The predicted molar refractivity (Wildman–Crippen MR) is 81.7 cm³/mol. The molecule has 21 heavy (non-hydrogen) atoms. The second kappa shape index (κ2) is 4.90. The van der Waals surface area contributed by atoms with Crippen LogP contribution in [0, 0.1) is 6.92 Å². The van der Waals surface area contributed by atoms with Gasteiger partial charge in [0.1, 0.15) is 5.75 Å². The third-order valence-corrected chi connectivity index (χ3v) is 5.42. The Balaban J connectivity index is 2.06. The van der Waals surface area contributed by atoms with Gasteiger partial charge in [0, 0.05) is 17.3 Å². The third-order valence-electron chi connectivity index (χ3n) is 2.88. The topological polar surface area (TPSA) is 83.7 Å². The van der Waals surface area contributed by atoms with E-state index < -0.39 is 10.0 Å². The van der Waals surface area contributed by atoms with Crippen molar-refractivity contribution < 1.29 is 13.5 Å². The zero-order valence-electron chi connectivity index (χ0n) is 10.7. The van der Waals surface area contributed by atoms with E-state index in [2.05, 4.69) is 9.71 Å². The maximum atomic E-state index is 12.5. The van der Waals surface area contributed by atoms with Crippen LogP contribution in [0.25, 0.3) is 4.96 Å². The smallest absolute Gasteiger partial charge is 0.281 e. The molecule has 0 radical (unpaired) electrons. The number of phenols is 1. The van der Waals surface area contributed by atoms with E-state index in [0.29, 0.717) is 16.2 Å². The Bertz CT molecular complexity index is 931. The maximum absolute atomic E-state index is 12.5. The molecule has 2 N–H and O–H groups in total. The molecule has 1 aromatic carbocycles. The largest absolute Gasteiger partial charge is 0.508 e. The van der Waals surface area contributed by atoms with E-state index in [4.69, 9.17) is 11.6 Å². The molecular formula is C12H10ClN3O3S2. The minimum Gasteiger partial charge on any atom is -0.508 e. The number of nitrogens with one attached hydrogen (secondary N) is 1. The molecule has 0 saturated heterocycles. The highest BCUT2D eigenvalue weighted by atomic mass is 35.5. The summed E-state index contributed by atoms with van der Waals surface area (Å²) >= 11 is 7.22. The van der Waals surface area contributed by atoms with Gasteiger partial charge in [0.2, 0.25) is 0 Å². The van der Waals surface area contributed by atoms with Crippen LogP contribution in [0.5, 0.6) is 5.75 Å². The Morgan fingerprint density at radius 2 is 2.19 bits per heavy atom. The van der Waals surface area contributed by atoms with Crippen LogP contribution in [0.4, 0.5) is 5.69 Å². The zero-order valence-corrected chi connectivity index (χ0v) is 13.1. The molecule has 0 aliphatic carbocycles. The van der Waals surface area contributed by atoms with Gasteiger partial charge in [-0.25, -0.2) is 4.98 Å². The Morgan fingerprint density at radius 3 is 2.90 bits per heavy atom. The van der Waals surface area contributed by atoms with E-state index in [-0.39, 0.29) is 15.9 Å². The van der Waals surface area contributed by atoms with Gasteiger partial charge >= 0.3 is 0 Å². The lowest BCUT2D eigenvalue weighted by Gasteiger charge is -2.09. The molecule has 9 heteroatoms. The van der Waals surface area contributed by atoms with E-state index in [0.717, 1.165) is 0 Å². The Labute approximate surface area is 129 Å². The number of rotatable bonds is 3. The average Bonchev–Trinajstić information content (AvgIpc) is 2.92. The van der Waals surface area contributed by atoms with Crippen molar-refractivity contribution in [2.45, 2.75) is 11.9 Å². The fraction of sp³-hybridized carbons (Fsp3) is 0.0833. The van der Waals surface area contributed by atoms with Gasteiger partial charge in [-0.3, -0.25) is 9.12 Å². The summed E-state index contributed by atoms with van der Waals surface area (Å²) in [5, 5.41) is 11.0. The number of aromatic hydroxyl groups is 1. The summed E-state index contributed by atoms with van der Waals surface area (Å²) in [6.45, 7) is 1.68. The summed E-state index contributed by atoms with van der Waals surface area (Å²) in [5.74, 6) is 0.0977. The summed E-state index contributed by atoms with van der Waals surface area (Å²) < 4.78 is 28.8. The molecule has 0 saturated carbocycles. The second-order valence-electron chi connectivity index (χ2n) is 4.37. The molecular weight excluding hydrogens is 334 g/mol. The first kappa shape index (κ1) is 14.2. The molecule has 110 valence electrons. The van der Waals surface area contributed by atoms with Gasteiger partial charge in [0.05, 0.1) is 0 Å². The molecule has 0 bridgehead atoms. The van der Waals surface area contributed by atoms with Crippen molar-refractivity contribution in [1.82, 2.24) is 9.38 Å². The number of sulfonamides is 1. The number of nitrogens with zero attached hydrogens (tertiary/aromatic N) is 2. The van der Waals surface area contributed by atoms with E-state index >= 15 is 0 Å². The molecule has 0 unspecified atom stereocenters. The lowest BCUT2D eigenvalue weighted by atomic mass is 10.2. The van der Waals surface area contributed by atoms with Crippen molar-refractivity contribution in [2.24, 2.45) is 0 Å². The van der Waals surface area contributed by atoms with Gasteiger partial charge in [0.25, 0.3) is 10.0 Å². The van der Waals surface area contributed by atoms with Crippen LogP contribution in [0.1, 0.15) is 5.56 Å². The summed E-state index contributed by atoms with van der Waals surface area (Å²) in [7, 11) is -3.88. The molecule has 0 atom stereocenters. The first-order valence-corrected chi connectivity index (χ1v) is 8.56. The van der Waals surface area contributed by atoms with Crippen LogP contribution < -0.4 is 4.72 Å². The standard InChI is InChI=1S/C12H10ClN3O3S2/c1-7-6-8(2-3-9(7)17)15-21(18,19)11-10(13)14-12-16(11)4-5-20-12/h2-6,15,17H,1H3. The Hall–Kier alpha value is -1.77. The SMILES string of the molecule is Cc1cc(NS(=O)(=O)c2c(Cl)nc3sccn23)ccc1O. The summed E-state index contributed by atoms with van der Waals surface area (Å²) in [6.07, 6.45) is 1.59. The van der Waals surface area contributed by atoms with Crippen LogP contribution in [-0.4, -0.2) is 22.9 Å². The number of phenolic OH excluding ortho intramolecular Hbond substituents is 1. The number of thiazole rings is 1. The van der Waals surface area contributed by atoms with Crippen molar-refractivity contribution in [3.8, 4) is 5.75 Å². The number of benzene rings is 1. The van der Waals surface area contributed by atoms with E-state index in [1.54, 1.807) is 18.5 Å². The van der Waals surface area contributed by atoms with Crippen molar-refractivity contribution in [3.63, 3.8) is 0 Å². The Kier molecular flexibility index (Phi) is 3.31. The quantitative estimate of drug-likeness (QED) is 0.716. The van der Waals surface area contributed by atoms with Crippen molar-refractivity contribution >= 4 is 43.6 Å². The van der Waals surface area contributed by atoms with Gasteiger partial charge < -0.3 is 5.11 Å². The fourth-order valence-electron chi connectivity index (χ4n) is 1.90. The molecule has 0 aliphatic heterocycles. The highest BCUT2D eigenvalue weighted by molar-refractivity contribution is 7.92. The lowest BCUT2D eigenvalue weighted by Crippen LogP contribution is -2.15. The second-order valence-corrected chi connectivity index (χ2v) is 7.20. The van der Waals surface area contributed by atoms with Crippen LogP contribution >= 0.6 is 22.9 Å². The van der Waals surface area contributed by atoms with Crippen LogP contribution in [0.15, 0.2) is 34.8 Å². The summed E-state index contributed by atoms with van der Waals surface area (Å²) in [4.78, 5) is 4.50. The van der Waals surface area contributed by atoms with Gasteiger partial charge in [-0.2, -0.15) is 8.42 Å². The predicted octanol–water partition coefficient (Wildman–Crippen LogP) is 2.86. The zero-order chi connectivity index (χ0) is 15.2. The lowest BCUT2D eigenvalue weighted by molar-refractivity contribution is 0.471. The van der Waals surface area contributed by atoms with Crippen molar-refractivity contribution in [1.29, 1.82) is 0 Å². The molecule has 3 rings (SSSR count). The Morgan fingerprint density at radius 1 is 1.43 bits per heavy atom. The number of fused-ring (bicyclic) bond motifs is 1. The maximum Gasteiger partial charge on any atom is 0.281 e. The monoisotopic (exact) mass is 343 g/mol. The number of aryl methyl sites for hydroxylation is 1.